The van der Waals surface area contributed by atoms with E-state index in [2.05, 4.69) is 0 Å². The minimum absolute atomic E-state index is 0.142. The molecule has 1 aromatic rings. The minimum atomic E-state index is -8.63. The van der Waals surface area contributed by atoms with Gasteiger partial charge in [0.2, 0.25) is 0 Å². The van der Waals surface area contributed by atoms with Gasteiger partial charge in [0, 0.05) is 13.0 Å². The van der Waals surface area contributed by atoms with Gasteiger partial charge >= 0.3 is 47.6 Å². The lowest BCUT2D eigenvalue weighted by molar-refractivity contribution is -0.461. The zero-order valence-electron chi connectivity index (χ0n) is 17.1. The molecule has 1 rings (SSSR count). The Kier molecular flexibility index (Phi) is 8.07. The Bertz CT molecular complexity index is 909. The van der Waals surface area contributed by atoms with Gasteiger partial charge in [0.15, 0.2) is 0 Å². The van der Waals surface area contributed by atoms with Gasteiger partial charge in [-0.3, -0.25) is 0 Å². The van der Waals surface area contributed by atoms with Crippen LogP contribution < -0.4 is 10.1 Å². The molecule has 0 atom stereocenters. The Balaban J connectivity index is 3.36. The Labute approximate surface area is 189 Å². The maximum absolute atomic E-state index is 13.8. The highest BCUT2D eigenvalue weighted by atomic mass is 19.4. The molecule has 19 heteroatoms. The summed E-state index contributed by atoms with van der Waals surface area (Å²) in [6.07, 6.45) is -10.4. The molecule has 0 bridgehead atoms. The molecule has 0 amide bonds. The number of rotatable bonds is 11. The normalized spacial score (nSPS) is 15.2. The number of anilines is 1. The van der Waals surface area contributed by atoms with Crippen molar-refractivity contribution in [2.75, 3.05) is 19.0 Å². The molecular weight excluding hydrogens is 557 g/mol. The topological polar surface area (TPSA) is 21.3 Å². The number of ether oxygens (including phenoxy) is 1. The summed E-state index contributed by atoms with van der Waals surface area (Å²) in [7, 11) is 1.03. The predicted octanol–water partition coefficient (Wildman–Crippen LogP) is 7.51. The maximum atomic E-state index is 13.8. The molecule has 0 aliphatic carbocycles. The summed E-state index contributed by atoms with van der Waals surface area (Å²) in [6.45, 7) is -1.50. The molecule has 0 fully saturated rings. The fraction of sp³-hybridized carbons (Fsp3) is 0.647. The van der Waals surface area contributed by atoms with E-state index >= 15 is 0 Å². The van der Waals surface area contributed by atoms with Crippen LogP contribution >= 0.6 is 0 Å². The summed E-state index contributed by atoms with van der Waals surface area (Å²) < 4.78 is 229. The van der Waals surface area contributed by atoms with Crippen molar-refractivity contribution in [3.63, 3.8) is 0 Å². The summed E-state index contributed by atoms with van der Waals surface area (Å²) >= 11 is 0. The highest BCUT2D eigenvalue weighted by Gasteiger charge is 2.95. The fourth-order valence-corrected chi connectivity index (χ4v) is 2.50. The molecule has 1 N–H and O–H groups in total. The van der Waals surface area contributed by atoms with Crippen LogP contribution in [0.15, 0.2) is 24.3 Å². The summed E-state index contributed by atoms with van der Waals surface area (Å²) in [4.78, 5) is 0. The van der Waals surface area contributed by atoms with E-state index in [4.69, 9.17) is 4.74 Å². The maximum Gasteiger partial charge on any atom is 0.460 e. The number of hydrogen-bond acceptors (Lipinski definition) is 2. The molecule has 0 aliphatic rings. The van der Waals surface area contributed by atoms with E-state index in [0.29, 0.717) is 0 Å². The van der Waals surface area contributed by atoms with Crippen molar-refractivity contribution in [3.8, 4) is 5.75 Å². The molecule has 2 nitrogen and oxygen atoms in total. The quantitative estimate of drug-likeness (QED) is 0.279. The van der Waals surface area contributed by atoms with E-state index in [-0.39, 0.29) is 11.4 Å². The monoisotopic (exact) mass is 569 g/mol. The van der Waals surface area contributed by atoms with Crippen LogP contribution in [0.1, 0.15) is 6.42 Å². The van der Waals surface area contributed by atoms with Crippen LogP contribution in [0, 0.1) is 0 Å². The van der Waals surface area contributed by atoms with Crippen molar-refractivity contribution in [3.05, 3.63) is 24.3 Å². The largest absolute Gasteiger partial charge is 0.495 e. The predicted molar refractivity (Wildman–Crippen MR) is 86.8 cm³/mol. The second kappa shape index (κ2) is 9.18. The van der Waals surface area contributed by atoms with Gasteiger partial charge in [-0.2, -0.15) is 74.6 Å². The third kappa shape index (κ3) is 4.56. The lowest BCUT2D eigenvalue weighted by Gasteiger charge is -2.42. The number of benzene rings is 1. The zero-order valence-corrected chi connectivity index (χ0v) is 17.1. The highest BCUT2D eigenvalue weighted by Crippen LogP contribution is 2.64. The summed E-state index contributed by atoms with van der Waals surface area (Å²) in [5.74, 6) is -56.4. The third-order valence-electron chi connectivity index (χ3n) is 4.65. The lowest BCUT2D eigenvalue weighted by Crippen LogP contribution is -2.74. The van der Waals surface area contributed by atoms with Crippen molar-refractivity contribution in [1.29, 1.82) is 0 Å². The number of nitrogens with one attached hydrogen (secondary N) is 1. The van der Waals surface area contributed by atoms with Crippen molar-refractivity contribution in [2.45, 2.75) is 54.1 Å². The standard InChI is InChI=1S/C17H12F17NO/c1-36-9-5-3-2-4-8(9)35-7-6-10(18,19)11(20,21)12(22,23)13(24,25)14(26,27)15(28,29)16(30,31)17(32,33)34/h2-5,35H,6-7H2,1H3. The van der Waals surface area contributed by atoms with Gasteiger partial charge in [-0.1, -0.05) is 12.1 Å². The second-order valence-electron chi connectivity index (χ2n) is 7.03. The summed E-state index contributed by atoms with van der Waals surface area (Å²) in [6, 6.07) is 4.75. The fourth-order valence-electron chi connectivity index (χ4n) is 2.50. The van der Waals surface area contributed by atoms with Gasteiger partial charge in [0.05, 0.1) is 12.8 Å². The smallest absolute Gasteiger partial charge is 0.460 e. The average molecular weight is 569 g/mol. The molecule has 0 saturated carbocycles. The molecule has 1 aromatic carbocycles. The number of hydrogen-bond donors (Lipinski definition) is 1. The SMILES string of the molecule is COc1ccccc1NCCC(F)(F)C(F)(F)C(F)(F)C(F)(F)C(F)(F)C(F)(F)C(F)(F)C(F)(F)F. The summed E-state index contributed by atoms with van der Waals surface area (Å²) in [5, 5.41) is 1.91. The van der Waals surface area contributed by atoms with Gasteiger partial charge in [0.1, 0.15) is 5.75 Å². The van der Waals surface area contributed by atoms with E-state index in [1.807, 2.05) is 5.32 Å². The first-order chi connectivity index (χ1) is 15.8. The molecule has 0 heterocycles. The first-order valence-corrected chi connectivity index (χ1v) is 8.86. The molecule has 0 spiro atoms. The Morgan fingerprint density at radius 2 is 0.972 bits per heavy atom. The molecule has 0 saturated heterocycles. The molecule has 0 radical (unpaired) electrons. The highest BCUT2D eigenvalue weighted by molar-refractivity contribution is 5.56. The number of methoxy groups -OCH3 is 1. The molecule has 0 aliphatic heterocycles. The van der Waals surface area contributed by atoms with Crippen LogP contribution in [0.5, 0.6) is 5.75 Å². The summed E-state index contributed by atoms with van der Waals surface area (Å²) in [5.41, 5.74) is -0.253. The van der Waals surface area contributed by atoms with E-state index < -0.39 is 60.6 Å². The second-order valence-corrected chi connectivity index (χ2v) is 7.03. The van der Waals surface area contributed by atoms with Crippen molar-refractivity contribution < 1.29 is 79.4 Å². The van der Waals surface area contributed by atoms with Crippen LogP contribution in [0.25, 0.3) is 0 Å². The van der Waals surface area contributed by atoms with Gasteiger partial charge in [0.25, 0.3) is 0 Å². The molecular formula is C17H12F17NO. The first kappa shape index (κ1) is 31.7. The van der Waals surface area contributed by atoms with Gasteiger partial charge in [-0.05, 0) is 12.1 Å². The van der Waals surface area contributed by atoms with E-state index in [0.717, 1.165) is 13.2 Å². The first-order valence-electron chi connectivity index (χ1n) is 8.86. The average Bonchev–Trinajstić information content (AvgIpc) is 2.72. The van der Waals surface area contributed by atoms with E-state index in [1.54, 1.807) is 0 Å². The molecule has 210 valence electrons. The van der Waals surface area contributed by atoms with Crippen molar-refractivity contribution >= 4 is 5.69 Å². The number of para-hydroxylation sites is 2. The Morgan fingerprint density at radius 1 is 0.583 bits per heavy atom. The van der Waals surface area contributed by atoms with E-state index in [1.165, 1.54) is 18.2 Å². The molecule has 0 unspecified atom stereocenters. The minimum Gasteiger partial charge on any atom is -0.495 e. The van der Waals surface area contributed by atoms with Gasteiger partial charge in [-0.15, -0.1) is 0 Å². The van der Waals surface area contributed by atoms with Crippen LogP contribution in [-0.4, -0.2) is 61.3 Å². The molecule has 0 aromatic heterocycles. The molecule has 36 heavy (non-hydrogen) atoms. The zero-order chi connectivity index (χ0) is 28.8. The Morgan fingerprint density at radius 3 is 1.39 bits per heavy atom. The van der Waals surface area contributed by atoms with Crippen LogP contribution in [0.2, 0.25) is 0 Å². The van der Waals surface area contributed by atoms with Crippen LogP contribution in [-0.2, 0) is 0 Å². The van der Waals surface area contributed by atoms with Crippen LogP contribution in [0.4, 0.5) is 80.3 Å². The lowest BCUT2D eigenvalue weighted by atomic mass is 9.88. The van der Waals surface area contributed by atoms with Gasteiger partial charge in [-0.25, -0.2) is 0 Å². The van der Waals surface area contributed by atoms with Gasteiger partial charge < -0.3 is 10.1 Å². The number of halogens is 17. The van der Waals surface area contributed by atoms with Crippen LogP contribution in [0.3, 0.4) is 0 Å². The third-order valence-corrected chi connectivity index (χ3v) is 4.65. The van der Waals surface area contributed by atoms with E-state index in [9.17, 15) is 74.6 Å². The van der Waals surface area contributed by atoms with Crippen molar-refractivity contribution in [2.24, 2.45) is 0 Å². The number of alkyl halides is 17. The van der Waals surface area contributed by atoms with Crippen molar-refractivity contribution in [1.82, 2.24) is 0 Å². The Hall–Kier alpha value is -2.37.